The predicted octanol–water partition coefficient (Wildman–Crippen LogP) is 1.46. The molecule has 0 saturated heterocycles. The monoisotopic (exact) mass is 544 g/mol. The average molecular weight is 544 g/mol. The summed E-state index contributed by atoms with van der Waals surface area (Å²) in [5.41, 5.74) is -1.37. The van der Waals surface area contributed by atoms with Crippen molar-refractivity contribution in [3.8, 4) is 0 Å². The minimum absolute atomic E-state index is 0.0726. The summed E-state index contributed by atoms with van der Waals surface area (Å²) in [6.07, 6.45) is -13.4. The van der Waals surface area contributed by atoms with Crippen LogP contribution in [0.1, 0.15) is 11.1 Å². The molecule has 204 valence electrons. The van der Waals surface area contributed by atoms with E-state index in [0.29, 0.717) is 6.08 Å². The van der Waals surface area contributed by atoms with Gasteiger partial charge in [0.15, 0.2) is 46.5 Å². The molecule has 0 heterocycles. The molecule has 0 aromatic heterocycles. The van der Waals surface area contributed by atoms with Gasteiger partial charge in [0.05, 0.1) is 6.61 Å². The first-order valence-electron chi connectivity index (χ1n) is 10.3. The Balaban J connectivity index is 2.57. The first-order valence-corrected chi connectivity index (χ1v) is 10.3. The molecule has 6 nitrogen and oxygen atoms in total. The molecule has 0 bridgehead atoms. The maximum Gasteiger partial charge on any atom is 0.165 e. The van der Waals surface area contributed by atoms with Crippen molar-refractivity contribution in [1.82, 2.24) is 0 Å². The maximum atomic E-state index is 14.2. The third-order valence-corrected chi connectivity index (χ3v) is 5.33. The predicted molar refractivity (Wildman–Crippen MR) is 109 cm³/mol. The van der Waals surface area contributed by atoms with Crippen molar-refractivity contribution in [3.63, 3.8) is 0 Å². The van der Waals surface area contributed by atoms with Gasteiger partial charge in [0, 0.05) is 41.7 Å². The fourth-order valence-electron chi connectivity index (χ4n) is 3.23. The van der Waals surface area contributed by atoms with Gasteiger partial charge in [-0.1, -0.05) is 0 Å². The Kier molecular flexibility index (Phi) is 10.4. The highest BCUT2D eigenvalue weighted by molar-refractivity contribution is 5.30. The van der Waals surface area contributed by atoms with Crippen molar-refractivity contribution in [1.29, 1.82) is 0 Å². The van der Waals surface area contributed by atoms with E-state index >= 15 is 0 Å². The van der Waals surface area contributed by atoms with Gasteiger partial charge in [0.1, 0.15) is 30.5 Å². The largest absolute Gasteiger partial charge is 0.394 e. The molecule has 14 heteroatoms. The van der Waals surface area contributed by atoms with Gasteiger partial charge in [-0.2, -0.15) is 0 Å². The van der Waals surface area contributed by atoms with E-state index in [9.17, 15) is 60.7 Å². The van der Waals surface area contributed by atoms with Gasteiger partial charge >= 0.3 is 0 Å². The zero-order valence-corrected chi connectivity index (χ0v) is 18.4. The Labute approximate surface area is 203 Å². The van der Waals surface area contributed by atoms with Crippen LogP contribution in [0.15, 0.2) is 29.5 Å². The molecule has 37 heavy (non-hydrogen) atoms. The van der Waals surface area contributed by atoms with E-state index < -0.39 is 113 Å². The smallest absolute Gasteiger partial charge is 0.165 e. The molecule has 0 saturated carbocycles. The van der Waals surface area contributed by atoms with Crippen molar-refractivity contribution >= 4 is 0 Å². The van der Waals surface area contributed by atoms with Crippen LogP contribution in [-0.2, 0) is 12.8 Å². The quantitative estimate of drug-likeness (QED) is 0.153. The normalized spacial score (nSPS) is 15.5. The first kappa shape index (κ1) is 30.4. The Hall–Kier alpha value is -2.84. The van der Waals surface area contributed by atoms with Gasteiger partial charge in [-0.05, 0) is 6.08 Å². The Morgan fingerprint density at radius 1 is 0.676 bits per heavy atom. The fraction of sp³-hybridized carbons (Fsp3) is 0.348. The number of hydrogen-bond acceptors (Lipinski definition) is 6. The zero-order valence-electron chi connectivity index (χ0n) is 18.4. The van der Waals surface area contributed by atoms with Gasteiger partial charge in [0.25, 0.3) is 0 Å². The van der Waals surface area contributed by atoms with Crippen LogP contribution in [0.2, 0.25) is 0 Å². The number of aliphatic hydroxyl groups excluding tert-OH is 6. The van der Waals surface area contributed by atoms with Crippen LogP contribution in [0, 0.1) is 46.5 Å². The van der Waals surface area contributed by atoms with Crippen molar-refractivity contribution in [2.45, 2.75) is 43.4 Å². The average Bonchev–Trinajstić information content (AvgIpc) is 2.87. The highest BCUT2D eigenvalue weighted by atomic mass is 19.2. The third kappa shape index (κ3) is 6.73. The lowest BCUT2D eigenvalue weighted by Crippen LogP contribution is -2.50. The molecule has 1 unspecified atom stereocenters. The SMILES string of the molecule is OC[C@H](O)[C@@H](O)[C@H](O)[C@H](O)C(O)C(=C=CCc1c(F)c(F)cc(F)c1F)Cc1c(F)c(F)cc(F)c1F. The van der Waals surface area contributed by atoms with Gasteiger partial charge in [0.2, 0.25) is 0 Å². The van der Waals surface area contributed by atoms with Crippen molar-refractivity contribution < 1.29 is 65.8 Å². The molecule has 2 aromatic carbocycles. The second-order valence-corrected chi connectivity index (χ2v) is 7.81. The van der Waals surface area contributed by atoms with Crippen LogP contribution in [0.25, 0.3) is 0 Å². The summed E-state index contributed by atoms with van der Waals surface area (Å²) in [6, 6.07) is -0.198. The number of rotatable bonds is 10. The van der Waals surface area contributed by atoms with Crippen LogP contribution in [0.5, 0.6) is 0 Å². The van der Waals surface area contributed by atoms with Gasteiger partial charge < -0.3 is 30.6 Å². The lowest BCUT2D eigenvalue weighted by molar-refractivity contribution is -0.134. The van der Waals surface area contributed by atoms with E-state index in [0.717, 1.165) is 0 Å². The fourth-order valence-corrected chi connectivity index (χ4v) is 3.23. The van der Waals surface area contributed by atoms with Crippen molar-refractivity contribution in [2.75, 3.05) is 6.61 Å². The molecule has 6 N–H and O–H groups in total. The summed E-state index contributed by atoms with van der Waals surface area (Å²) < 4.78 is 110. The summed E-state index contributed by atoms with van der Waals surface area (Å²) >= 11 is 0. The van der Waals surface area contributed by atoms with E-state index in [2.05, 4.69) is 0 Å². The molecule has 0 spiro atoms. The molecule has 2 aromatic rings. The Bertz CT molecular complexity index is 1150. The Morgan fingerprint density at radius 2 is 1.11 bits per heavy atom. The maximum absolute atomic E-state index is 14.2. The molecule has 0 radical (unpaired) electrons. The number of aliphatic hydroxyl groups is 6. The van der Waals surface area contributed by atoms with Crippen LogP contribution < -0.4 is 0 Å². The van der Waals surface area contributed by atoms with E-state index in [1.54, 1.807) is 0 Å². The zero-order chi connectivity index (χ0) is 28.2. The van der Waals surface area contributed by atoms with Gasteiger partial charge in [-0.3, -0.25) is 0 Å². The van der Waals surface area contributed by atoms with Crippen molar-refractivity contribution in [2.24, 2.45) is 0 Å². The lowest BCUT2D eigenvalue weighted by atomic mass is 9.91. The van der Waals surface area contributed by atoms with E-state index in [-0.39, 0.29) is 12.1 Å². The minimum Gasteiger partial charge on any atom is -0.394 e. The standard InChI is InChI=1S/C23H20F8O6/c24-11-5-12(25)17(29)9(16(11)28)3-1-2-8(4-10-18(30)13(26)6-14(27)19(10)31)20(34)22(36)23(37)21(35)15(33)7-32/h1,5-6,15,20-23,32-37H,3-4,7H2/t2?,15-,20?,21+,22+,23-/m0/s1. The van der Waals surface area contributed by atoms with E-state index in [1.165, 1.54) is 0 Å². The molecular formula is C23H20F8O6. The van der Waals surface area contributed by atoms with Crippen molar-refractivity contribution in [3.05, 3.63) is 87.2 Å². The Morgan fingerprint density at radius 3 is 1.54 bits per heavy atom. The number of hydrogen-bond donors (Lipinski definition) is 6. The van der Waals surface area contributed by atoms with Gasteiger partial charge in [-0.25, -0.2) is 35.1 Å². The number of halogens is 8. The van der Waals surface area contributed by atoms with E-state index in [4.69, 9.17) is 5.11 Å². The minimum atomic E-state index is -2.50. The summed E-state index contributed by atoms with van der Waals surface area (Å²) in [7, 11) is 0. The topological polar surface area (TPSA) is 121 Å². The molecule has 5 atom stereocenters. The number of benzene rings is 2. The van der Waals surface area contributed by atoms with Crippen LogP contribution in [0.4, 0.5) is 35.1 Å². The molecular weight excluding hydrogens is 524 g/mol. The molecule has 2 rings (SSSR count). The van der Waals surface area contributed by atoms with Crippen LogP contribution in [-0.4, -0.2) is 67.8 Å². The van der Waals surface area contributed by atoms with E-state index in [1.807, 2.05) is 5.73 Å². The molecule has 0 amide bonds. The van der Waals surface area contributed by atoms with Crippen LogP contribution >= 0.6 is 0 Å². The highest BCUT2D eigenvalue weighted by Gasteiger charge is 2.36. The summed E-state index contributed by atoms with van der Waals surface area (Å²) in [6.45, 7) is -1.11. The molecule has 0 fully saturated rings. The first-order chi connectivity index (χ1) is 17.2. The van der Waals surface area contributed by atoms with Crippen LogP contribution in [0.3, 0.4) is 0 Å². The van der Waals surface area contributed by atoms with Gasteiger partial charge in [-0.15, -0.1) is 5.73 Å². The lowest BCUT2D eigenvalue weighted by Gasteiger charge is -2.29. The molecule has 0 aliphatic heterocycles. The summed E-state index contributed by atoms with van der Waals surface area (Å²) in [4.78, 5) is 0. The molecule has 0 aliphatic carbocycles. The highest BCUT2D eigenvalue weighted by Crippen LogP contribution is 2.25. The second kappa shape index (κ2) is 12.6. The summed E-state index contributed by atoms with van der Waals surface area (Å²) in [5.74, 6) is -14.7. The molecule has 0 aliphatic rings. The summed E-state index contributed by atoms with van der Waals surface area (Å²) in [5, 5.41) is 58.6. The third-order valence-electron chi connectivity index (χ3n) is 5.33. The second-order valence-electron chi connectivity index (χ2n) is 7.81.